The molecule has 0 aliphatic rings. The van der Waals surface area contributed by atoms with Gasteiger partial charge in [-0.15, -0.1) is 0 Å². The summed E-state index contributed by atoms with van der Waals surface area (Å²) < 4.78 is 17.4. The molecule has 3 rings (SSSR count). The number of anilines is 1. The minimum atomic E-state index is -0.342. The van der Waals surface area contributed by atoms with E-state index in [2.05, 4.69) is 32.3 Å². The summed E-state index contributed by atoms with van der Waals surface area (Å²) >= 11 is 3.36. The largest absolute Gasteiger partial charge is 0.490 e. The minimum Gasteiger partial charge on any atom is -0.490 e. The number of aryl methyl sites for hydroxylation is 2. The first-order valence-electron chi connectivity index (χ1n) is 9.24. The summed E-state index contributed by atoms with van der Waals surface area (Å²) in [6.07, 6.45) is 0. The number of hydrogen-bond donors (Lipinski definition) is 1. The van der Waals surface area contributed by atoms with Crippen molar-refractivity contribution in [1.29, 1.82) is 5.26 Å². The fraction of sp³-hybridized carbons (Fsp3) is 0.227. The Bertz CT molecular complexity index is 1100. The third-order valence-corrected chi connectivity index (χ3v) is 4.80. The summed E-state index contributed by atoms with van der Waals surface area (Å²) in [5.41, 5.74) is 2.61. The molecule has 0 radical (unpaired) electrons. The first-order chi connectivity index (χ1) is 14.4. The molecule has 30 heavy (non-hydrogen) atoms. The highest BCUT2D eigenvalue weighted by atomic mass is 79.9. The van der Waals surface area contributed by atoms with Crippen LogP contribution in [0.4, 0.5) is 5.69 Å². The lowest BCUT2D eigenvalue weighted by molar-refractivity contribution is -0.118. The molecule has 7 nitrogen and oxygen atoms in total. The molecule has 0 spiro atoms. The molecule has 0 bridgehead atoms. The Kier molecular flexibility index (Phi) is 6.75. The maximum absolute atomic E-state index is 12.4. The maximum atomic E-state index is 12.4. The SMILES string of the molecule is CCOc1cc(C#N)cc(Br)c1OCC(=O)Nc1cccc(-c2nc(C)c(C)o2)c1. The summed E-state index contributed by atoms with van der Waals surface area (Å²) in [4.78, 5) is 16.8. The van der Waals surface area contributed by atoms with E-state index in [-0.39, 0.29) is 12.5 Å². The monoisotopic (exact) mass is 469 g/mol. The van der Waals surface area contributed by atoms with E-state index >= 15 is 0 Å². The van der Waals surface area contributed by atoms with Crippen molar-refractivity contribution in [2.24, 2.45) is 0 Å². The highest BCUT2D eigenvalue weighted by Crippen LogP contribution is 2.36. The van der Waals surface area contributed by atoms with Crippen LogP contribution in [0.15, 0.2) is 45.3 Å². The van der Waals surface area contributed by atoms with Gasteiger partial charge in [0.05, 0.1) is 28.4 Å². The molecule has 0 saturated heterocycles. The summed E-state index contributed by atoms with van der Waals surface area (Å²) in [5.74, 6) is 1.68. The fourth-order valence-corrected chi connectivity index (χ4v) is 3.25. The molecule has 0 atom stereocenters. The fourth-order valence-electron chi connectivity index (χ4n) is 2.70. The first-order valence-corrected chi connectivity index (χ1v) is 10.0. The average molecular weight is 470 g/mol. The number of benzene rings is 2. The van der Waals surface area contributed by atoms with E-state index < -0.39 is 0 Å². The second-order valence-corrected chi connectivity index (χ2v) is 7.26. The zero-order valence-corrected chi connectivity index (χ0v) is 18.4. The van der Waals surface area contributed by atoms with Crippen molar-refractivity contribution in [3.05, 3.63) is 57.9 Å². The smallest absolute Gasteiger partial charge is 0.262 e. The standard InChI is InChI=1S/C22H20BrN3O4/c1-4-28-19-9-15(11-24)8-18(23)21(19)29-12-20(27)26-17-7-5-6-16(10-17)22-25-13(2)14(3)30-22/h5-10H,4,12H2,1-3H3,(H,26,27). The van der Waals surface area contributed by atoms with Gasteiger partial charge in [-0.25, -0.2) is 4.98 Å². The Morgan fingerprint density at radius 3 is 2.73 bits per heavy atom. The number of carbonyl (C=O) groups is 1. The van der Waals surface area contributed by atoms with Gasteiger partial charge in [0.1, 0.15) is 5.76 Å². The van der Waals surface area contributed by atoms with Crippen LogP contribution in [0.2, 0.25) is 0 Å². The van der Waals surface area contributed by atoms with Crippen molar-refractivity contribution in [2.45, 2.75) is 20.8 Å². The lowest BCUT2D eigenvalue weighted by Gasteiger charge is -2.14. The van der Waals surface area contributed by atoms with Crippen LogP contribution in [-0.4, -0.2) is 24.1 Å². The molecule has 1 N–H and O–H groups in total. The number of amides is 1. The Labute approximate surface area is 182 Å². The van der Waals surface area contributed by atoms with E-state index in [0.717, 1.165) is 17.0 Å². The van der Waals surface area contributed by atoms with Crippen LogP contribution in [0.25, 0.3) is 11.5 Å². The molecule has 0 unspecified atom stereocenters. The number of aromatic nitrogens is 1. The van der Waals surface area contributed by atoms with E-state index in [4.69, 9.17) is 19.2 Å². The number of carbonyl (C=O) groups excluding carboxylic acids is 1. The van der Waals surface area contributed by atoms with Crippen molar-refractivity contribution < 1.29 is 18.7 Å². The predicted octanol–water partition coefficient (Wildman–Crippen LogP) is 5.01. The van der Waals surface area contributed by atoms with Crippen molar-refractivity contribution >= 4 is 27.5 Å². The lowest BCUT2D eigenvalue weighted by atomic mass is 10.2. The van der Waals surface area contributed by atoms with E-state index in [1.807, 2.05) is 32.9 Å². The number of rotatable bonds is 7. The van der Waals surface area contributed by atoms with Gasteiger partial charge in [0.25, 0.3) is 5.91 Å². The van der Waals surface area contributed by atoms with Crippen LogP contribution in [0, 0.1) is 25.2 Å². The van der Waals surface area contributed by atoms with Crippen LogP contribution in [0.3, 0.4) is 0 Å². The highest BCUT2D eigenvalue weighted by molar-refractivity contribution is 9.10. The Balaban J connectivity index is 1.70. The number of nitrogens with zero attached hydrogens (tertiary/aromatic N) is 2. The van der Waals surface area contributed by atoms with Crippen molar-refractivity contribution in [3.8, 4) is 29.0 Å². The van der Waals surface area contributed by atoms with Gasteiger partial charge in [-0.2, -0.15) is 5.26 Å². The van der Waals surface area contributed by atoms with Crippen LogP contribution >= 0.6 is 15.9 Å². The highest BCUT2D eigenvalue weighted by Gasteiger charge is 2.15. The number of oxazole rings is 1. The number of halogens is 1. The van der Waals surface area contributed by atoms with Gasteiger partial charge in [-0.3, -0.25) is 4.79 Å². The Hall–Kier alpha value is -3.31. The molecule has 0 saturated carbocycles. The topological polar surface area (TPSA) is 97.4 Å². The number of hydrogen-bond acceptors (Lipinski definition) is 6. The van der Waals surface area contributed by atoms with Gasteiger partial charge in [0, 0.05) is 17.3 Å². The van der Waals surface area contributed by atoms with Crippen molar-refractivity contribution in [2.75, 3.05) is 18.5 Å². The molecule has 154 valence electrons. The molecule has 8 heteroatoms. The van der Waals surface area contributed by atoms with Gasteiger partial charge in [-0.05, 0) is 61.0 Å². The van der Waals surface area contributed by atoms with Crippen LogP contribution in [0.1, 0.15) is 23.9 Å². The van der Waals surface area contributed by atoms with Gasteiger partial charge in [0.15, 0.2) is 18.1 Å². The lowest BCUT2D eigenvalue weighted by Crippen LogP contribution is -2.20. The average Bonchev–Trinajstić information content (AvgIpc) is 3.06. The van der Waals surface area contributed by atoms with Crippen molar-refractivity contribution in [3.63, 3.8) is 0 Å². The molecular formula is C22H20BrN3O4. The van der Waals surface area contributed by atoms with E-state index in [1.165, 1.54) is 0 Å². The second kappa shape index (κ2) is 9.46. The number of nitriles is 1. The van der Waals surface area contributed by atoms with E-state index in [0.29, 0.717) is 39.7 Å². The molecule has 3 aromatic rings. The van der Waals surface area contributed by atoms with Gasteiger partial charge >= 0.3 is 0 Å². The molecule has 0 fully saturated rings. The maximum Gasteiger partial charge on any atom is 0.262 e. The zero-order chi connectivity index (χ0) is 21.7. The number of nitrogens with one attached hydrogen (secondary N) is 1. The zero-order valence-electron chi connectivity index (χ0n) is 16.8. The molecular weight excluding hydrogens is 450 g/mol. The molecule has 1 amide bonds. The quantitative estimate of drug-likeness (QED) is 0.522. The Morgan fingerprint density at radius 1 is 1.27 bits per heavy atom. The normalized spacial score (nSPS) is 10.4. The molecule has 1 aromatic heterocycles. The first kappa shape index (κ1) is 21.4. The van der Waals surface area contributed by atoms with E-state index in [1.54, 1.807) is 24.3 Å². The molecule has 0 aliphatic heterocycles. The van der Waals surface area contributed by atoms with E-state index in [9.17, 15) is 4.79 Å². The second-order valence-electron chi connectivity index (χ2n) is 6.41. The number of ether oxygens (including phenoxy) is 2. The summed E-state index contributed by atoms with van der Waals surface area (Å²) in [7, 11) is 0. The molecule has 0 aliphatic carbocycles. The summed E-state index contributed by atoms with van der Waals surface area (Å²) in [6, 6.07) is 12.5. The third-order valence-electron chi connectivity index (χ3n) is 4.21. The third kappa shape index (κ3) is 4.99. The van der Waals surface area contributed by atoms with Gasteiger partial charge in [0.2, 0.25) is 5.89 Å². The summed E-state index contributed by atoms with van der Waals surface area (Å²) in [6.45, 7) is 5.73. The Morgan fingerprint density at radius 2 is 2.07 bits per heavy atom. The predicted molar refractivity (Wildman–Crippen MR) is 116 cm³/mol. The van der Waals surface area contributed by atoms with Crippen molar-refractivity contribution in [1.82, 2.24) is 4.98 Å². The van der Waals surface area contributed by atoms with Crippen LogP contribution in [-0.2, 0) is 4.79 Å². The van der Waals surface area contributed by atoms with Crippen LogP contribution in [0.5, 0.6) is 11.5 Å². The van der Waals surface area contributed by atoms with Gasteiger partial charge < -0.3 is 19.2 Å². The molecule has 1 heterocycles. The minimum absolute atomic E-state index is 0.230. The molecule has 2 aromatic carbocycles. The summed E-state index contributed by atoms with van der Waals surface area (Å²) in [5, 5.41) is 11.9. The van der Waals surface area contributed by atoms with Gasteiger partial charge in [-0.1, -0.05) is 6.07 Å². The van der Waals surface area contributed by atoms with Crippen LogP contribution < -0.4 is 14.8 Å².